The van der Waals surface area contributed by atoms with Crippen molar-refractivity contribution in [2.24, 2.45) is 10.7 Å². The summed E-state index contributed by atoms with van der Waals surface area (Å²) in [6.07, 6.45) is 5.46. The number of guanidine groups is 1. The Labute approximate surface area is 170 Å². The Morgan fingerprint density at radius 2 is 1.92 bits per heavy atom. The molecule has 3 rings (SSSR count). The number of aromatic nitrogens is 3. The molecule has 0 unspecified atom stereocenters. The molecule has 0 bridgehead atoms. The van der Waals surface area contributed by atoms with Gasteiger partial charge in [-0.2, -0.15) is 0 Å². The number of pyridine rings is 1. The first kappa shape index (κ1) is 19.9. The smallest absolute Gasteiger partial charge is 0.193 e. The molecule has 0 aliphatic rings. The molecular formula is C19H23IN6. The SMILES string of the molecule is Cc1ccc(NC(N)=NCc2ccc(-n3ccnc3C)nc2)cc1C.I. The van der Waals surface area contributed by atoms with Gasteiger partial charge in [0.15, 0.2) is 5.96 Å². The average Bonchev–Trinajstić information content (AvgIpc) is 3.03. The third kappa shape index (κ3) is 4.81. The molecule has 6 nitrogen and oxygen atoms in total. The Morgan fingerprint density at radius 1 is 1.12 bits per heavy atom. The predicted octanol–water partition coefficient (Wildman–Crippen LogP) is 3.74. The van der Waals surface area contributed by atoms with E-state index in [2.05, 4.69) is 46.3 Å². The van der Waals surface area contributed by atoms with Gasteiger partial charge < -0.3 is 11.1 Å². The van der Waals surface area contributed by atoms with E-state index >= 15 is 0 Å². The lowest BCUT2D eigenvalue weighted by Crippen LogP contribution is -2.22. The monoisotopic (exact) mass is 462 g/mol. The van der Waals surface area contributed by atoms with E-state index in [1.54, 1.807) is 6.20 Å². The number of nitrogens with zero attached hydrogens (tertiary/aromatic N) is 4. The first-order chi connectivity index (χ1) is 12.0. The lowest BCUT2D eigenvalue weighted by atomic mass is 10.1. The maximum absolute atomic E-state index is 5.97. The van der Waals surface area contributed by atoms with Crippen LogP contribution in [0.15, 0.2) is 53.9 Å². The van der Waals surface area contributed by atoms with Crippen molar-refractivity contribution in [1.82, 2.24) is 14.5 Å². The van der Waals surface area contributed by atoms with Crippen molar-refractivity contribution in [2.45, 2.75) is 27.3 Å². The summed E-state index contributed by atoms with van der Waals surface area (Å²) in [5.74, 6) is 2.13. The number of hydrogen-bond acceptors (Lipinski definition) is 3. The highest BCUT2D eigenvalue weighted by molar-refractivity contribution is 14.0. The fourth-order valence-electron chi connectivity index (χ4n) is 2.46. The third-order valence-electron chi connectivity index (χ3n) is 4.09. The number of imidazole rings is 1. The number of halogens is 1. The summed E-state index contributed by atoms with van der Waals surface area (Å²) in [6, 6.07) is 10.1. The van der Waals surface area contributed by atoms with Crippen LogP contribution in [-0.2, 0) is 6.54 Å². The second-order valence-electron chi connectivity index (χ2n) is 5.99. The highest BCUT2D eigenvalue weighted by Gasteiger charge is 2.02. The highest BCUT2D eigenvalue weighted by atomic mass is 127. The molecule has 0 spiro atoms. The molecule has 1 aromatic carbocycles. The van der Waals surface area contributed by atoms with Crippen molar-refractivity contribution < 1.29 is 0 Å². The molecule has 0 atom stereocenters. The minimum absolute atomic E-state index is 0. The minimum atomic E-state index is 0. The van der Waals surface area contributed by atoms with Gasteiger partial charge in [0.25, 0.3) is 0 Å². The van der Waals surface area contributed by atoms with Crippen LogP contribution in [0.25, 0.3) is 5.82 Å². The van der Waals surface area contributed by atoms with E-state index < -0.39 is 0 Å². The summed E-state index contributed by atoms with van der Waals surface area (Å²) < 4.78 is 1.93. The molecule has 2 heterocycles. The number of rotatable bonds is 4. The maximum atomic E-state index is 5.97. The summed E-state index contributed by atoms with van der Waals surface area (Å²) in [5.41, 5.74) is 10.4. The largest absolute Gasteiger partial charge is 0.370 e. The highest BCUT2D eigenvalue weighted by Crippen LogP contribution is 2.14. The van der Waals surface area contributed by atoms with Gasteiger partial charge in [-0.15, -0.1) is 24.0 Å². The minimum Gasteiger partial charge on any atom is -0.370 e. The molecule has 0 fully saturated rings. The number of anilines is 1. The van der Waals surface area contributed by atoms with Gasteiger partial charge in [-0.05, 0) is 55.7 Å². The number of benzene rings is 1. The van der Waals surface area contributed by atoms with Crippen molar-refractivity contribution in [1.29, 1.82) is 0 Å². The quantitative estimate of drug-likeness (QED) is 0.352. The Balaban J connectivity index is 0.00000243. The molecule has 0 saturated heterocycles. The number of aliphatic imine (C=N–C) groups is 1. The van der Waals surface area contributed by atoms with Crippen LogP contribution in [0.4, 0.5) is 5.69 Å². The number of nitrogens with one attached hydrogen (secondary N) is 1. The Bertz CT molecular complexity index is 899. The van der Waals surface area contributed by atoms with E-state index in [0.717, 1.165) is 22.9 Å². The van der Waals surface area contributed by atoms with E-state index in [-0.39, 0.29) is 24.0 Å². The van der Waals surface area contributed by atoms with Crippen LogP contribution in [0.5, 0.6) is 0 Å². The predicted molar refractivity (Wildman–Crippen MR) is 116 cm³/mol. The molecule has 0 amide bonds. The van der Waals surface area contributed by atoms with Gasteiger partial charge in [-0.1, -0.05) is 12.1 Å². The molecule has 3 aromatic rings. The second kappa shape index (κ2) is 8.79. The summed E-state index contributed by atoms with van der Waals surface area (Å²) in [4.78, 5) is 13.0. The fourth-order valence-corrected chi connectivity index (χ4v) is 2.46. The molecule has 0 saturated carbocycles. The summed E-state index contributed by atoms with van der Waals surface area (Å²) >= 11 is 0. The van der Waals surface area contributed by atoms with E-state index in [1.807, 2.05) is 42.1 Å². The van der Waals surface area contributed by atoms with E-state index in [0.29, 0.717) is 12.5 Å². The zero-order valence-corrected chi connectivity index (χ0v) is 17.4. The van der Waals surface area contributed by atoms with Crippen molar-refractivity contribution in [3.8, 4) is 5.82 Å². The first-order valence-electron chi connectivity index (χ1n) is 8.12. The van der Waals surface area contributed by atoms with Crippen LogP contribution in [-0.4, -0.2) is 20.5 Å². The van der Waals surface area contributed by atoms with Crippen LogP contribution in [0.1, 0.15) is 22.5 Å². The first-order valence-corrected chi connectivity index (χ1v) is 8.12. The van der Waals surface area contributed by atoms with E-state index in [1.165, 1.54) is 11.1 Å². The zero-order chi connectivity index (χ0) is 17.8. The Hall–Kier alpha value is -2.42. The zero-order valence-electron chi connectivity index (χ0n) is 15.1. The molecule has 7 heteroatoms. The lowest BCUT2D eigenvalue weighted by Gasteiger charge is -2.08. The molecule has 2 aromatic heterocycles. The van der Waals surface area contributed by atoms with Gasteiger partial charge in [-0.25, -0.2) is 15.0 Å². The van der Waals surface area contributed by atoms with Gasteiger partial charge in [-0.3, -0.25) is 4.57 Å². The second-order valence-corrected chi connectivity index (χ2v) is 5.99. The average molecular weight is 462 g/mol. The Kier molecular flexibility index (Phi) is 6.73. The Morgan fingerprint density at radius 3 is 2.54 bits per heavy atom. The molecular weight excluding hydrogens is 439 g/mol. The van der Waals surface area contributed by atoms with Gasteiger partial charge >= 0.3 is 0 Å². The van der Waals surface area contributed by atoms with Gasteiger partial charge in [0.2, 0.25) is 0 Å². The van der Waals surface area contributed by atoms with Crippen LogP contribution in [0.3, 0.4) is 0 Å². The van der Waals surface area contributed by atoms with Gasteiger partial charge in [0.05, 0.1) is 6.54 Å². The van der Waals surface area contributed by atoms with Gasteiger partial charge in [0, 0.05) is 24.3 Å². The van der Waals surface area contributed by atoms with Crippen LogP contribution in [0, 0.1) is 20.8 Å². The van der Waals surface area contributed by atoms with E-state index in [9.17, 15) is 0 Å². The van der Waals surface area contributed by atoms with E-state index in [4.69, 9.17) is 5.73 Å². The summed E-state index contributed by atoms with van der Waals surface area (Å²) in [5, 5.41) is 3.12. The van der Waals surface area contributed by atoms with Crippen LogP contribution >= 0.6 is 24.0 Å². The van der Waals surface area contributed by atoms with Crippen LogP contribution in [0.2, 0.25) is 0 Å². The van der Waals surface area contributed by atoms with Gasteiger partial charge in [0.1, 0.15) is 11.6 Å². The summed E-state index contributed by atoms with van der Waals surface area (Å²) in [6.45, 7) is 6.57. The number of nitrogens with two attached hydrogens (primary N) is 1. The van der Waals surface area contributed by atoms with Crippen molar-refractivity contribution >= 4 is 35.6 Å². The molecule has 0 aliphatic heterocycles. The third-order valence-corrected chi connectivity index (χ3v) is 4.09. The molecule has 26 heavy (non-hydrogen) atoms. The molecule has 3 N–H and O–H groups in total. The number of aryl methyl sites for hydroxylation is 3. The molecule has 0 radical (unpaired) electrons. The van der Waals surface area contributed by atoms with Crippen molar-refractivity contribution in [3.63, 3.8) is 0 Å². The van der Waals surface area contributed by atoms with Crippen LogP contribution < -0.4 is 11.1 Å². The molecule has 0 aliphatic carbocycles. The van der Waals surface area contributed by atoms with Crippen molar-refractivity contribution in [3.05, 3.63) is 71.4 Å². The standard InChI is InChI=1S/C19H22N6.HI/c1-13-4-6-17(10-14(13)2)24-19(20)23-12-16-5-7-18(22-11-16)25-9-8-21-15(25)3;/h4-11H,12H2,1-3H3,(H3,20,23,24);1H. The number of hydrogen-bond donors (Lipinski definition) is 2. The summed E-state index contributed by atoms with van der Waals surface area (Å²) in [7, 11) is 0. The molecule has 136 valence electrons. The normalized spacial score (nSPS) is 11.1. The topological polar surface area (TPSA) is 81.1 Å². The fraction of sp³-hybridized carbons (Fsp3) is 0.211. The lowest BCUT2D eigenvalue weighted by molar-refractivity contribution is 0.922. The maximum Gasteiger partial charge on any atom is 0.193 e. The van der Waals surface area contributed by atoms with Crippen molar-refractivity contribution in [2.75, 3.05) is 5.32 Å².